The highest BCUT2D eigenvalue weighted by Crippen LogP contribution is 2.12. The third-order valence-electron chi connectivity index (χ3n) is 3.35. The smallest absolute Gasteiger partial charge is 0.0742 e. The van der Waals surface area contributed by atoms with Crippen LogP contribution in [0.4, 0.5) is 0 Å². The summed E-state index contributed by atoms with van der Waals surface area (Å²) in [5.74, 6) is 0.914. The molecule has 0 fully saturated rings. The predicted molar refractivity (Wildman–Crippen MR) is 94.9 cm³/mol. The first kappa shape index (κ1) is 23.5. The third kappa shape index (κ3) is 29.0. The van der Waals surface area contributed by atoms with Gasteiger partial charge in [0, 0.05) is 5.75 Å². The lowest BCUT2D eigenvalue weighted by Gasteiger charge is -2.02. The normalized spacial score (nSPS) is 11.9. The van der Waals surface area contributed by atoms with Gasteiger partial charge >= 0.3 is 0 Å². The monoisotopic (exact) mass is 322 g/mol. The molecule has 3 N–H and O–H groups in total. The summed E-state index contributed by atoms with van der Waals surface area (Å²) in [5, 5.41) is 16.0. The van der Waals surface area contributed by atoms with E-state index in [1.807, 2.05) is 0 Å². The Kier molecular flexibility index (Phi) is 25.2. The zero-order valence-electron chi connectivity index (χ0n) is 14.2. The van der Waals surface area contributed by atoms with Gasteiger partial charge < -0.3 is 14.8 Å². The molecule has 0 bridgehead atoms. The van der Waals surface area contributed by atoms with Crippen LogP contribution in [0.1, 0.15) is 90.9 Å². The summed E-state index contributed by atoms with van der Waals surface area (Å²) in [7, 11) is 0. The minimum Gasteiger partial charge on any atom is -0.394 e. The van der Waals surface area contributed by atoms with Gasteiger partial charge in [0.2, 0.25) is 0 Å². The molecular weight excluding hydrogens is 284 g/mol. The molecular formula is C17H38O3S. The molecule has 21 heavy (non-hydrogen) atoms. The van der Waals surface area contributed by atoms with E-state index in [1.165, 1.54) is 84.0 Å². The van der Waals surface area contributed by atoms with E-state index in [0.717, 1.165) is 17.8 Å². The lowest BCUT2D eigenvalue weighted by Crippen LogP contribution is -2.03. The van der Waals surface area contributed by atoms with Crippen molar-refractivity contribution in [1.82, 2.24) is 0 Å². The minimum atomic E-state index is -0.560. The maximum absolute atomic E-state index is 8.54. The zero-order valence-corrected chi connectivity index (χ0v) is 15.0. The van der Waals surface area contributed by atoms with Gasteiger partial charge in [0.15, 0.2) is 0 Å². The molecule has 0 saturated carbocycles. The van der Waals surface area contributed by atoms with Crippen LogP contribution in [0.25, 0.3) is 0 Å². The molecule has 0 spiro atoms. The Labute approximate surface area is 136 Å². The Bertz CT molecular complexity index is 152. The molecule has 0 aliphatic heterocycles. The summed E-state index contributed by atoms with van der Waals surface area (Å²) in [6.45, 7) is 3.66. The van der Waals surface area contributed by atoms with E-state index in [9.17, 15) is 0 Å². The standard InChI is InChI=1S/C14H30OS.C3H8O2/c1-2-3-4-5-6-7-8-9-10-11-12-13-14-16-15;1-3(5)2-4/h15H,2-14H2,1H3;3-5H,2H2,1H3. The summed E-state index contributed by atoms with van der Waals surface area (Å²) >= 11 is 0.983. The highest BCUT2D eigenvalue weighted by atomic mass is 32.2. The molecule has 0 aromatic heterocycles. The molecule has 0 aliphatic rings. The Morgan fingerprint density at radius 2 is 1.10 bits per heavy atom. The van der Waals surface area contributed by atoms with Crippen molar-refractivity contribution in [1.29, 1.82) is 0 Å². The molecule has 0 saturated heterocycles. The molecule has 0 radical (unpaired) electrons. The van der Waals surface area contributed by atoms with Gasteiger partial charge in [-0.15, -0.1) is 0 Å². The number of aliphatic hydroxyl groups excluding tert-OH is 2. The molecule has 4 heteroatoms. The van der Waals surface area contributed by atoms with Crippen LogP contribution in [0.15, 0.2) is 0 Å². The fourth-order valence-electron chi connectivity index (χ4n) is 2.01. The minimum absolute atomic E-state index is 0.139. The number of hydrogen-bond acceptors (Lipinski definition) is 4. The Hall–Kier alpha value is 0.230. The second-order valence-corrected chi connectivity index (χ2v) is 6.42. The average molecular weight is 323 g/mol. The van der Waals surface area contributed by atoms with Crippen LogP contribution in [-0.4, -0.2) is 33.2 Å². The van der Waals surface area contributed by atoms with Crippen molar-refractivity contribution >= 4 is 12.0 Å². The summed E-state index contributed by atoms with van der Waals surface area (Å²) in [6, 6.07) is 0. The Balaban J connectivity index is 0. The molecule has 0 aromatic rings. The fraction of sp³-hybridized carbons (Fsp3) is 1.00. The Morgan fingerprint density at radius 3 is 1.38 bits per heavy atom. The second-order valence-electron chi connectivity index (χ2n) is 5.75. The summed E-state index contributed by atoms with van der Waals surface area (Å²) in [4.78, 5) is 0. The van der Waals surface area contributed by atoms with Crippen LogP contribution in [0, 0.1) is 0 Å². The van der Waals surface area contributed by atoms with E-state index in [0.29, 0.717) is 0 Å². The van der Waals surface area contributed by atoms with Crippen molar-refractivity contribution < 1.29 is 14.8 Å². The van der Waals surface area contributed by atoms with Gasteiger partial charge in [0.05, 0.1) is 12.7 Å². The first-order valence-electron chi connectivity index (χ1n) is 8.74. The van der Waals surface area contributed by atoms with Gasteiger partial charge in [-0.3, -0.25) is 0 Å². The van der Waals surface area contributed by atoms with Crippen molar-refractivity contribution in [2.75, 3.05) is 12.4 Å². The lowest BCUT2D eigenvalue weighted by molar-refractivity contribution is 0.110. The maximum atomic E-state index is 8.54. The van der Waals surface area contributed by atoms with E-state index in [2.05, 4.69) is 6.92 Å². The fourth-order valence-corrected chi connectivity index (χ4v) is 2.34. The maximum Gasteiger partial charge on any atom is 0.0742 e. The summed E-state index contributed by atoms with van der Waals surface area (Å²) in [5.41, 5.74) is 0. The molecule has 3 nitrogen and oxygen atoms in total. The van der Waals surface area contributed by atoms with Crippen molar-refractivity contribution in [3.8, 4) is 0 Å². The summed E-state index contributed by atoms with van der Waals surface area (Å²) < 4.78 is 8.54. The quantitative estimate of drug-likeness (QED) is 0.302. The molecule has 1 atom stereocenters. The van der Waals surface area contributed by atoms with E-state index in [4.69, 9.17) is 14.8 Å². The molecule has 1 unspecified atom stereocenters. The highest BCUT2D eigenvalue weighted by molar-refractivity contribution is 7.93. The highest BCUT2D eigenvalue weighted by Gasteiger charge is 1.93. The topological polar surface area (TPSA) is 60.7 Å². The van der Waals surface area contributed by atoms with E-state index in [1.54, 1.807) is 0 Å². The SMILES string of the molecule is CC(O)CO.CCCCCCCCCCCCCCSO. The van der Waals surface area contributed by atoms with Crippen molar-refractivity contribution in [2.45, 2.75) is 97.0 Å². The van der Waals surface area contributed by atoms with Gasteiger partial charge in [-0.1, -0.05) is 77.6 Å². The Morgan fingerprint density at radius 1 is 0.762 bits per heavy atom. The number of aliphatic hydroxyl groups is 2. The number of hydrogen-bond donors (Lipinski definition) is 3. The van der Waals surface area contributed by atoms with Crippen LogP contribution in [-0.2, 0) is 0 Å². The largest absolute Gasteiger partial charge is 0.394 e. The molecule has 130 valence electrons. The van der Waals surface area contributed by atoms with Crippen molar-refractivity contribution in [3.63, 3.8) is 0 Å². The first-order valence-corrected chi connectivity index (χ1v) is 9.68. The molecule has 0 rings (SSSR count). The second kappa shape index (κ2) is 22.5. The van der Waals surface area contributed by atoms with E-state index < -0.39 is 6.10 Å². The third-order valence-corrected chi connectivity index (χ3v) is 3.82. The van der Waals surface area contributed by atoms with Crippen LogP contribution in [0.5, 0.6) is 0 Å². The van der Waals surface area contributed by atoms with Crippen molar-refractivity contribution in [2.24, 2.45) is 0 Å². The molecule has 0 aromatic carbocycles. The first-order chi connectivity index (χ1) is 10.2. The van der Waals surface area contributed by atoms with Crippen LogP contribution in [0.3, 0.4) is 0 Å². The van der Waals surface area contributed by atoms with Crippen LogP contribution >= 0.6 is 12.0 Å². The summed E-state index contributed by atoms with van der Waals surface area (Å²) in [6.07, 6.45) is 16.1. The van der Waals surface area contributed by atoms with Gasteiger partial charge in [-0.05, 0) is 25.4 Å². The van der Waals surface area contributed by atoms with Gasteiger partial charge in [-0.2, -0.15) is 0 Å². The van der Waals surface area contributed by atoms with Gasteiger partial charge in [0.25, 0.3) is 0 Å². The molecule has 0 aliphatic carbocycles. The number of unbranched alkanes of at least 4 members (excludes halogenated alkanes) is 11. The van der Waals surface area contributed by atoms with Gasteiger partial charge in [-0.25, -0.2) is 0 Å². The van der Waals surface area contributed by atoms with Gasteiger partial charge in [0.1, 0.15) is 0 Å². The average Bonchev–Trinajstić information content (AvgIpc) is 2.49. The molecule has 0 heterocycles. The van der Waals surface area contributed by atoms with Crippen molar-refractivity contribution in [3.05, 3.63) is 0 Å². The van der Waals surface area contributed by atoms with Crippen LogP contribution < -0.4 is 0 Å². The zero-order chi connectivity index (χ0) is 16.2. The number of rotatable bonds is 14. The molecule has 0 amide bonds. The lowest BCUT2D eigenvalue weighted by atomic mass is 10.1. The van der Waals surface area contributed by atoms with E-state index >= 15 is 0 Å². The van der Waals surface area contributed by atoms with E-state index in [-0.39, 0.29) is 6.61 Å². The predicted octanol–water partition coefficient (Wildman–Crippen LogP) is 5.25. The van der Waals surface area contributed by atoms with Crippen LogP contribution in [0.2, 0.25) is 0 Å².